The van der Waals surface area contributed by atoms with Gasteiger partial charge in [0.1, 0.15) is 0 Å². The third-order valence-electron chi connectivity index (χ3n) is 3.76. The van der Waals surface area contributed by atoms with Gasteiger partial charge < -0.3 is 15.0 Å². The first kappa shape index (κ1) is 19.3. The standard InChI is InChI=1S/C18H25N3O3S/c1-4-21-17(23)14-7-6-13(10-15(14)20-18(21)25)16(22)19-8-5-9-24-11-12(2)3/h6-7,10,12H,4-5,8-9,11H2,1-3H3,(H,19,22)(H,20,25). The van der Waals surface area contributed by atoms with Gasteiger partial charge in [-0.2, -0.15) is 0 Å². The number of rotatable bonds is 8. The molecule has 1 amide bonds. The topological polar surface area (TPSA) is 76.1 Å². The summed E-state index contributed by atoms with van der Waals surface area (Å²) in [5.74, 6) is 0.333. The summed E-state index contributed by atoms with van der Waals surface area (Å²) in [4.78, 5) is 27.6. The summed E-state index contributed by atoms with van der Waals surface area (Å²) < 4.78 is 7.34. The van der Waals surface area contributed by atoms with Crippen LogP contribution in [0.25, 0.3) is 10.9 Å². The molecule has 2 N–H and O–H groups in total. The summed E-state index contributed by atoms with van der Waals surface area (Å²) in [6.07, 6.45) is 0.760. The molecule has 1 aromatic heterocycles. The SMILES string of the molecule is CCn1c(=S)[nH]c2cc(C(=O)NCCCOCC(C)C)ccc2c1=O. The van der Waals surface area contributed by atoms with Crippen molar-refractivity contribution in [3.63, 3.8) is 0 Å². The molecule has 0 aliphatic carbocycles. The molecule has 0 aliphatic rings. The van der Waals surface area contributed by atoms with E-state index in [1.165, 1.54) is 4.57 Å². The molecule has 0 atom stereocenters. The lowest BCUT2D eigenvalue weighted by Crippen LogP contribution is -2.26. The minimum atomic E-state index is -0.176. The van der Waals surface area contributed by atoms with Gasteiger partial charge in [-0.25, -0.2) is 0 Å². The second-order valence-corrected chi connectivity index (χ2v) is 6.70. The predicted molar refractivity (Wildman–Crippen MR) is 102 cm³/mol. The lowest BCUT2D eigenvalue weighted by Gasteiger charge is -2.09. The van der Waals surface area contributed by atoms with E-state index in [2.05, 4.69) is 24.1 Å². The smallest absolute Gasteiger partial charge is 0.262 e. The Labute approximate surface area is 152 Å². The van der Waals surface area contributed by atoms with Crippen molar-refractivity contribution in [2.45, 2.75) is 33.7 Å². The molecule has 0 fully saturated rings. The van der Waals surface area contributed by atoms with E-state index in [-0.39, 0.29) is 11.5 Å². The second-order valence-electron chi connectivity index (χ2n) is 6.32. The fraction of sp³-hybridized carbons (Fsp3) is 0.500. The number of aromatic nitrogens is 2. The summed E-state index contributed by atoms with van der Waals surface area (Å²) in [6.45, 7) is 8.47. The Morgan fingerprint density at radius 3 is 2.84 bits per heavy atom. The first-order valence-electron chi connectivity index (χ1n) is 8.56. The van der Waals surface area contributed by atoms with Crippen LogP contribution in [-0.4, -0.2) is 35.2 Å². The molecule has 0 aliphatic heterocycles. The van der Waals surface area contributed by atoms with Crippen molar-refractivity contribution in [2.75, 3.05) is 19.8 Å². The van der Waals surface area contributed by atoms with Crippen molar-refractivity contribution in [3.05, 3.63) is 38.9 Å². The Morgan fingerprint density at radius 2 is 2.16 bits per heavy atom. The summed E-state index contributed by atoms with van der Waals surface area (Å²) in [5.41, 5.74) is 0.929. The van der Waals surface area contributed by atoms with Crippen LogP contribution < -0.4 is 10.9 Å². The van der Waals surface area contributed by atoms with Gasteiger partial charge in [-0.1, -0.05) is 13.8 Å². The number of amides is 1. The molecule has 7 heteroatoms. The molecular formula is C18H25N3O3S. The molecular weight excluding hydrogens is 338 g/mol. The van der Waals surface area contributed by atoms with Crippen LogP contribution in [0.2, 0.25) is 0 Å². The lowest BCUT2D eigenvalue weighted by molar-refractivity contribution is 0.0925. The van der Waals surface area contributed by atoms with Gasteiger partial charge in [-0.05, 0) is 49.7 Å². The monoisotopic (exact) mass is 363 g/mol. The maximum Gasteiger partial charge on any atom is 0.262 e. The minimum Gasteiger partial charge on any atom is -0.381 e. The van der Waals surface area contributed by atoms with Gasteiger partial charge in [0.25, 0.3) is 11.5 Å². The van der Waals surface area contributed by atoms with Gasteiger partial charge >= 0.3 is 0 Å². The maximum atomic E-state index is 12.3. The minimum absolute atomic E-state index is 0.143. The highest BCUT2D eigenvalue weighted by atomic mass is 32.1. The van der Waals surface area contributed by atoms with E-state index in [0.717, 1.165) is 13.0 Å². The number of carbonyl (C=O) groups is 1. The number of hydrogen-bond donors (Lipinski definition) is 2. The molecule has 0 saturated heterocycles. The highest BCUT2D eigenvalue weighted by Crippen LogP contribution is 2.11. The number of ether oxygens (including phenoxy) is 1. The first-order chi connectivity index (χ1) is 11.9. The van der Waals surface area contributed by atoms with E-state index in [4.69, 9.17) is 17.0 Å². The van der Waals surface area contributed by atoms with E-state index in [9.17, 15) is 9.59 Å². The van der Waals surface area contributed by atoms with Gasteiger partial charge in [0.05, 0.1) is 10.9 Å². The Hall–Kier alpha value is -1.99. The molecule has 1 heterocycles. The molecule has 0 radical (unpaired) electrons. The Kier molecular flexibility index (Phi) is 6.90. The summed E-state index contributed by atoms with van der Waals surface area (Å²) in [6, 6.07) is 4.98. The summed E-state index contributed by atoms with van der Waals surface area (Å²) >= 11 is 5.20. The Morgan fingerprint density at radius 1 is 1.40 bits per heavy atom. The molecule has 0 unspecified atom stereocenters. The number of H-pyrrole nitrogens is 1. The van der Waals surface area contributed by atoms with Crippen LogP contribution in [0.3, 0.4) is 0 Å². The molecule has 25 heavy (non-hydrogen) atoms. The maximum absolute atomic E-state index is 12.3. The van der Waals surface area contributed by atoms with Crippen LogP contribution in [-0.2, 0) is 11.3 Å². The number of fused-ring (bicyclic) bond motifs is 1. The van der Waals surface area contributed by atoms with Crippen LogP contribution in [0, 0.1) is 10.7 Å². The third kappa shape index (κ3) is 4.99. The Bertz CT molecular complexity index is 855. The molecule has 0 bridgehead atoms. The van der Waals surface area contributed by atoms with E-state index in [0.29, 0.717) is 46.9 Å². The van der Waals surface area contributed by atoms with E-state index >= 15 is 0 Å². The highest BCUT2D eigenvalue weighted by Gasteiger charge is 2.09. The van der Waals surface area contributed by atoms with Crippen molar-refractivity contribution in [1.82, 2.24) is 14.9 Å². The number of hydrogen-bond acceptors (Lipinski definition) is 4. The average Bonchev–Trinajstić information content (AvgIpc) is 2.57. The van der Waals surface area contributed by atoms with Crippen molar-refractivity contribution < 1.29 is 9.53 Å². The normalized spacial score (nSPS) is 11.2. The van der Waals surface area contributed by atoms with Gasteiger partial charge in [0.2, 0.25) is 0 Å². The predicted octanol–water partition coefficient (Wildman–Crippen LogP) is 2.87. The van der Waals surface area contributed by atoms with E-state index in [1.54, 1.807) is 18.2 Å². The van der Waals surface area contributed by atoms with E-state index < -0.39 is 0 Å². The molecule has 2 aromatic rings. The van der Waals surface area contributed by atoms with Gasteiger partial charge in [0.15, 0.2) is 4.77 Å². The molecule has 1 aromatic carbocycles. The van der Waals surface area contributed by atoms with Crippen LogP contribution >= 0.6 is 12.2 Å². The van der Waals surface area contributed by atoms with Crippen LogP contribution in [0.5, 0.6) is 0 Å². The molecule has 0 saturated carbocycles. The van der Waals surface area contributed by atoms with Gasteiger partial charge in [-0.15, -0.1) is 0 Å². The summed E-state index contributed by atoms with van der Waals surface area (Å²) in [7, 11) is 0. The van der Waals surface area contributed by atoms with Crippen LogP contribution in [0.15, 0.2) is 23.0 Å². The van der Waals surface area contributed by atoms with Gasteiger partial charge in [0, 0.05) is 31.9 Å². The molecule has 136 valence electrons. The van der Waals surface area contributed by atoms with Crippen molar-refractivity contribution >= 4 is 29.0 Å². The molecule has 0 spiro atoms. The number of benzene rings is 1. The zero-order chi connectivity index (χ0) is 18.4. The van der Waals surface area contributed by atoms with Crippen molar-refractivity contribution in [3.8, 4) is 0 Å². The average molecular weight is 363 g/mol. The largest absolute Gasteiger partial charge is 0.381 e. The Balaban J connectivity index is 2.02. The first-order valence-corrected chi connectivity index (χ1v) is 8.97. The summed E-state index contributed by atoms with van der Waals surface area (Å²) in [5, 5.41) is 3.38. The fourth-order valence-corrected chi connectivity index (χ4v) is 2.80. The molecule has 6 nitrogen and oxygen atoms in total. The number of nitrogens with zero attached hydrogens (tertiary/aromatic N) is 1. The lowest BCUT2D eigenvalue weighted by atomic mass is 10.1. The number of nitrogens with one attached hydrogen (secondary N) is 2. The highest BCUT2D eigenvalue weighted by molar-refractivity contribution is 7.71. The zero-order valence-corrected chi connectivity index (χ0v) is 15.7. The fourth-order valence-electron chi connectivity index (χ4n) is 2.48. The van der Waals surface area contributed by atoms with Crippen molar-refractivity contribution in [2.24, 2.45) is 5.92 Å². The zero-order valence-electron chi connectivity index (χ0n) is 14.9. The van der Waals surface area contributed by atoms with Crippen LogP contribution in [0.4, 0.5) is 0 Å². The quantitative estimate of drug-likeness (QED) is 0.558. The molecule has 2 rings (SSSR count). The number of aromatic amines is 1. The van der Waals surface area contributed by atoms with Crippen molar-refractivity contribution in [1.29, 1.82) is 0 Å². The number of carbonyl (C=O) groups excluding carboxylic acids is 1. The third-order valence-corrected chi connectivity index (χ3v) is 4.08. The second kappa shape index (κ2) is 8.92. The van der Waals surface area contributed by atoms with E-state index in [1.807, 2.05) is 6.92 Å². The van der Waals surface area contributed by atoms with Crippen LogP contribution in [0.1, 0.15) is 37.6 Å². The van der Waals surface area contributed by atoms with Gasteiger partial charge in [-0.3, -0.25) is 14.2 Å².